The molecule has 0 unspecified atom stereocenters. The van der Waals surface area contributed by atoms with Crippen LogP contribution < -0.4 is 0 Å². The Kier molecular flexibility index (Phi) is 6.10. The van der Waals surface area contributed by atoms with Gasteiger partial charge < -0.3 is 4.57 Å². The van der Waals surface area contributed by atoms with Crippen LogP contribution in [0.3, 0.4) is 0 Å². The van der Waals surface area contributed by atoms with Crippen LogP contribution in [-0.4, -0.2) is 27.8 Å². The molecule has 1 aromatic rings. The van der Waals surface area contributed by atoms with Crippen molar-refractivity contribution in [1.82, 2.24) is 9.47 Å². The van der Waals surface area contributed by atoms with Crippen LogP contribution in [0.2, 0.25) is 0 Å². The van der Waals surface area contributed by atoms with Crippen LogP contribution in [0.1, 0.15) is 65.6 Å². The highest BCUT2D eigenvalue weighted by molar-refractivity contribution is 6.19. The molecule has 1 aliphatic rings. The lowest BCUT2D eigenvalue weighted by Gasteiger charge is -2.26. The minimum absolute atomic E-state index is 0.00455. The van der Waals surface area contributed by atoms with Crippen molar-refractivity contribution < 1.29 is 9.59 Å². The maximum atomic E-state index is 12.9. The first-order valence-electron chi connectivity index (χ1n) is 9.55. The Hall–Kier alpha value is -2.61. The molecule has 2 heterocycles. The number of likely N-dealkylation sites (N-methyl/N-ethyl adjacent to an activating group) is 1. The Morgan fingerprint density at radius 2 is 1.85 bits per heavy atom. The van der Waals surface area contributed by atoms with E-state index in [0.29, 0.717) is 11.1 Å². The minimum Gasteiger partial charge on any atom is -0.348 e. The molecule has 144 valence electrons. The number of nitriles is 1. The van der Waals surface area contributed by atoms with Gasteiger partial charge in [-0.25, -0.2) is 0 Å². The number of unbranched alkanes of at least 4 members (excludes halogenated alkanes) is 1. The van der Waals surface area contributed by atoms with Crippen molar-refractivity contribution in [2.45, 2.75) is 66.3 Å². The highest BCUT2D eigenvalue weighted by atomic mass is 16.2. The quantitative estimate of drug-likeness (QED) is 0.579. The number of rotatable bonds is 5. The van der Waals surface area contributed by atoms with Gasteiger partial charge in [-0.1, -0.05) is 34.1 Å². The molecule has 0 atom stereocenters. The second-order valence-corrected chi connectivity index (χ2v) is 7.97. The van der Waals surface area contributed by atoms with Gasteiger partial charge in [0, 0.05) is 30.6 Å². The highest BCUT2D eigenvalue weighted by Crippen LogP contribution is 2.30. The van der Waals surface area contributed by atoms with E-state index in [0.717, 1.165) is 30.0 Å². The van der Waals surface area contributed by atoms with E-state index in [1.54, 1.807) is 13.8 Å². The summed E-state index contributed by atoms with van der Waals surface area (Å²) < 4.78 is 2.16. The van der Waals surface area contributed by atoms with Crippen LogP contribution in [0.5, 0.6) is 0 Å². The van der Waals surface area contributed by atoms with E-state index in [2.05, 4.69) is 44.5 Å². The number of aryl methyl sites for hydroxylation is 1. The topological polar surface area (TPSA) is 66.1 Å². The Balaban J connectivity index is 2.63. The average molecular weight is 367 g/mol. The molecule has 0 N–H and O–H groups in total. The number of hydrogen-bond donors (Lipinski definition) is 0. The lowest BCUT2D eigenvalue weighted by molar-refractivity contribution is -0.140. The number of carbonyl (C=O) groups excluding carboxylic acids is 2. The fraction of sp³-hybridized carbons (Fsp3) is 0.500. The van der Waals surface area contributed by atoms with Gasteiger partial charge in [0.25, 0.3) is 11.8 Å². The molecule has 0 spiro atoms. The predicted octanol–water partition coefficient (Wildman–Crippen LogP) is 4.20. The monoisotopic (exact) mass is 367 g/mol. The van der Waals surface area contributed by atoms with Crippen molar-refractivity contribution in [2.24, 2.45) is 0 Å². The third kappa shape index (κ3) is 4.05. The van der Waals surface area contributed by atoms with E-state index in [4.69, 9.17) is 0 Å². The van der Waals surface area contributed by atoms with Crippen LogP contribution in [0, 0.1) is 11.3 Å². The van der Waals surface area contributed by atoms with Crippen LogP contribution in [0.25, 0.3) is 6.08 Å². The largest absolute Gasteiger partial charge is 0.348 e. The van der Waals surface area contributed by atoms with Gasteiger partial charge in [0.2, 0.25) is 0 Å². The van der Waals surface area contributed by atoms with Crippen molar-refractivity contribution in [3.63, 3.8) is 0 Å². The first-order chi connectivity index (χ1) is 12.6. The summed E-state index contributed by atoms with van der Waals surface area (Å²) in [5.41, 5.74) is 3.04. The highest BCUT2D eigenvalue weighted by Gasteiger charge is 2.34. The van der Waals surface area contributed by atoms with Crippen molar-refractivity contribution >= 4 is 17.9 Å². The summed E-state index contributed by atoms with van der Waals surface area (Å²) >= 11 is 0. The molecule has 2 rings (SSSR count). The molecule has 5 heteroatoms. The van der Waals surface area contributed by atoms with Gasteiger partial charge in [-0.2, -0.15) is 5.26 Å². The summed E-state index contributed by atoms with van der Waals surface area (Å²) in [6.45, 7) is 13.2. The van der Waals surface area contributed by atoms with Gasteiger partial charge in [0.15, 0.2) is 0 Å². The maximum absolute atomic E-state index is 12.9. The van der Waals surface area contributed by atoms with E-state index < -0.39 is 5.91 Å². The smallest absolute Gasteiger partial charge is 0.271 e. The van der Waals surface area contributed by atoms with Crippen LogP contribution in [0.4, 0.5) is 0 Å². The van der Waals surface area contributed by atoms with Crippen LogP contribution >= 0.6 is 0 Å². The summed E-state index contributed by atoms with van der Waals surface area (Å²) in [5, 5.41) is 9.40. The van der Waals surface area contributed by atoms with Crippen molar-refractivity contribution in [3.05, 3.63) is 40.2 Å². The molecular weight excluding hydrogens is 338 g/mol. The standard InChI is InChI=1S/C22H29N3O2/c1-7-9-10-24-14-16(22(4,5)6)11-17(24)12-18-15(3)19(13-23)21(27)25(8-2)20(18)26/h11-12,14H,7-10H2,1-6H3. The van der Waals surface area contributed by atoms with Gasteiger partial charge in [-0.15, -0.1) is 0 Å². The number of aromatic nitrogens is 1. The van der Waals surface area contributed by atoms with E-state index in [9.17, 15) is 14.9 Å². The third-order valence-corrected chi connectivity index (χ3v) is 4.98. The second-order valence-electron chi connectivity index (χ2n) is 7.97. The van der Waals surface area contributed by atoms with E-state index in [1.165, 1.54) is 5.56 Å². The van der Waals surface area contributed by atoms with Gasteiger partial charge in [0.1, 0.15) is 11.6 Å². The molecule has 0 saturated heterocycles. The zero-order valence-electron chi connectivity index (χ0n) is 17.2. The second kappa shape index (κ2) is 7.96. The number of imide groups is 1. The fourth-order valence-corrected chi connectivity index (χ4v) is 3.14. The zero-order chi connectivity index (χ0) is 20.4. The number of carbonyl (C=O) groups is 2. The normalized spacial score (nSPS) is 17.1. The van der Waals surface area contributed by atoms with Gasteiger partial charge >= 0.3 is 0 Å². The molecule has 0 aliphatic carbocycles. The molecular formula is C22H29N3O2. The predicted molar refractivity (Wildman–Crippen MR) is 107 cm³/mol. The lowest BCUT2D eigenvalue weighted by Crippen LogP contribution is -2.42. The summed E-state index contributed by atoms with van der Waals surface area (Å²) in [6.07, 6.45) is 6.09. The lowest BCUT2D eigenvalue weighted by atomic mass is 9.89. The first kappa shape index (κ1) is 20.7. The average Bonchev–Trinajstić information content (AvgIpc) is 3.01. The molecule has 0 saturated carbocycles. The summed E-state index contributed by atoms with van der Waals surface area (Å²) in [6, 6.07) is 4.07. The Labute approximate surface area is 162 Å². The molecule has 0 radical (unpaired) electrons. The maximum Gasteiger partial charge on any atom is 0.271 e. The minimum atomic E-state index is -0.503. The number of nitrogens with zero attached hydrogens (tertiary/aromatic N) is 3. The number of hydrogen-bond acceptors (Lipinski definition) is 3. The number of amides is 2. The molecule has 0 fully saturated rings. The van der Waals surface area contributed by atoms with Gasteiger partial charge in [0.05, 0.1) is 0 Å². The van der Waals surface area contributed by atoms with Crippen molar-refractivity contribution in [1.29, 1.82) is 5.26 Å². The summed E-state index contributed by atoms with van der Waals surface area (Å²) in [4.78, 5) is 26.3. The first-order valence-corrected chi connectivity index (χ1v) is 9.55. The molecule has 1 aromatic heterocycles. The third-order valence-electron chi connectivity index (χ3n) is 4.98. The van der Waals surface area contributed by atoms with E-state index in [-0.39, 0.29) is 23.4 Å². The fourth-order valence-electron chi connectivity index (χ4n) is 3.14. The SMILES string of the molecule is CCCCn1cc(C(C)(C)C)cc1C=C1C(=O)N(CC)C(=O)C(C#N)=C1C. The molecule has 27 heavy (non-hydrogen) atoms. The molecule has 0 bridgehead atoms. The Morgan fingerprint density at radius 1 is 1.19 bits per heavy atom. The van der Waals surface area contributed by atoms with E-state index in [1.807, 2.05) is 12.1 Å². The van der Waals surface area contributed by atoms with Crippen molar-refractivity contribution in [3.8, 4) is 6.07 Å². The molecule has 0 aromatic carbocycles. The Morgan fingerprint density at radius 3 is 2.37 bits per heavy atom. The van der Waals surface area contributed by atoms with Crippen molar-refractivity contribution in [2.75, 3.05) is 6.54 Å². The van der Waals surface area contributed by atoms with Gasteiger partial charge in [-0.05, 0) is 49.0 Å². The van der Waals surface area contributed by atoms with Gasteiger partial charge in [-0.3, -0.25) is 14.5 Å². The molecule has 2 amide bonds. The van der Waals surface area contributed by atoms with Crippen LogP contribution in [0.15, 0.2) is 29.0 Å². The summed E-state index contributed by atoms with van der Waals surface area (Å²) in [5.74, 6) is -0.837. The molecule has 1 aliphatic heterocycles. The zero-order valence-corrected chi connectivity index (χ0v) is 17.2. The Bertz CT molecular complexity index is 857. The summed E-state index contributed by atoms with van der Waals surface area (Å²) in [7, 11) is 0. The van der Waals surface area contributed by atoms with E-state index >= 15 is 0 Å². The van der Waals surface area contributed by atoms with Crippen LogP contribution in [-0.2, 0) is 21.5 Å². The molecule has 5 nitrogen and oxygen atoms in total.